The number of nitrogens with zero attached hydrogens (tertiary/aromatic N) is 2. The van der Waals surface area contributed by atoms with E-state index in [1.54, 1.807) is 0 Å². The van der Waals surface area contributed by atoms with Gasteiger partial charge in [-0.05, 0) is 39.4 Å². The van der Waals surface area contributed by atoms with Crippen molar-refractivity contribution in [1.29, 1.82) is 0 Å². The van der Waals surface area contributed by atoms with Crippen LogP contribution in [0.5, 0.6) is 0 Å². The Hall–Kier alpha value is -1.56. The molecule has 1 rings (SSSR count). The highest BCUT2D eigenvalue weighted by Crippen LogP contribution is 2.07. The Bertz CT molecular complexity index is 386. The average molecular weight is 267 g/mol. The number of carbonyl (C=O) groups is 1. The van der Waals surface area contributed by atoms with E-state index in [9.17, 15) is 4.79 Å². The minimum Gasteiger partial charge on any atom is -0.396 e. The van der Waals surface area contributed by atoms with Crippen molar-refractivity contribution in [2.75, 3.05) is 25.4 Å². The molecule has 1 atom stereocenters. The number of nitrogens with two attached hydrogens (primary N) is 1. The molecule has 19 heavy (non-hydrogen) atoms. The Labute approximate surface area is 114 Å². The normalized spacial score (nSPS) is 12.6. The third kappa shape index (κ3) is 4.90. The molecule has 6 nitrogen and oxygen atoms in total. The molecule has 0 spiro atoms. The fourth-order valence-electron chi connectivity index (χ4n) is 2.01. The van der Waals surface area contributed by atoms with E-state index in [-0.39, 0.29) is 11.9 Å². The summed E-state index contributed by atoms with van der Waals surface area (Å²) in [7, 11) is 0. The van der Waals surface area contributed by atoms with Crippen molar-refractivity contribution >= 4 is 11.6 Å². The van der Waals surface area contributed by atoms with E-state index < -0.39 is 0 Å². The van der Waals surface area contributed by atoms with E-state index in [2.05, 4.69) is 34.3 Å². The first-order chi connectivity index (χ1) is 9.08. The summed E-state index contributed by atoms with van der Waals surface area (Å²) in [5, 5.41) is 9.27. The van der Waals surface area contributed by atoms with Crippen LogP contribution in [0.25, 0.3) is 0 Å². The van der Waals surface area contributed by atoms with E-state index in [0.717, 1.165) is 32.5 Å². The maximum absolute atomic E-state index is 11.9. The van der Waals surface area contributed by atoms with Gasteiger partial charge in [0.25, 0.3) is 5.91 Å². The van der Waals surface area contributed by atoms with Gasteiger partial charge in [-0.15, -0.1) is 0 Å². The predicted octanol–water partition coefficient (Wildman–Crippen LogP) is 1.23. The zero-order valence-electron chi connectivity index (χ0n) is 12.1. The second kappa shape index (κ2) is 7.78. The summed E-state index contributed by atoms with van der Waals surface area (Å²) in [5.74, 6) is -0.190. The predicted molar refractivity (Wildman–Crippen MR) is 77.0 cm³/mol. The Morgan fingerprint density at radius 1 is 1.53 bits per heavy atom. The monoisotopic (exact) mass is 267 g/mol. The summed E-state index contributed by atoms with van der Waals surface area (Å²) in [4.78, 5) is 14.3. The molecule has 108 valence electrons. The zero-order valence-corrected chi connectivity index (χ0v) is 12.1. The van der Waals surface area contributed by atoms with Gasteiger partial charge >= 0.3 is 0 Å². The van der Waals surface area contributed by atoms with Crippen LogP contribution in [0.3, 0.4) is 0 Å². The zero-order chi connectivity index (χ0) is 14.3. The van der Waals surface area contributed by atoms with Crippen LogP contribution in [0.15, 0.2) is 6.20 Å². The molecule has 0 aromatic carbocycles. The number of aromatic nitrogens is 2. The molecule has 0 bridgehead atoms. The van der Waals surface area contributed by atoms with Gasteiger partial charge in [0.2, 0.25) is 0 Å². The Balaban J connectivity index is 2.30. The molecule has 0 aliphatic heterocycles. The fraction of sp³-hybridized carbons (Fsp3) is 0.692. The van der Waals surface area contributed by atoms with Gasteiger partial charge < -0.3 is 16.0 Å². The first-order valence-electron chi connectivity index (χ1n) is 6.90. The van der Waals surface area contributed by atoms with Crippen molar-refractivity contribution in [3.05, 3.63) is 11.9 Å². The summed E-state index contributed by atoms with van der Waals surface area (Å²) >= 11 is 0. The molecule has 0 fully saturated rings. The molecule has 0 aliphatic carbocycles. The number of rotatable bonds is 8. The quantitative estimate of drug-likeness (QED) is 0.661. The maximum Gasteiger partial charge on any atom is 0.271 e. The summed E-state index contributed by atoms with van der Waals surface area (Å²) in [6.45, 7) is 9.54. The van der Waals surface area contributed by atoms with Crippen molar-refractivity contribution in [2.24, 2.45) is 0 Å². The molecule has 0 saturated heterocycles. The molecule has 1 unspecified atom stereocenters. The van der Waals surface area contributed by atoms with Gasteiger partial charge in [-0.2, -0.15) is 5.10 Å². The van der Waals surface area contributed by atoms with Crippen molar-refractivity contribution in [3.63, 3.8) is 0 Å². The highest BCUT2D eigenvalue weighted by atomic mass is 16.2. The van der Waals surface area contributed by atoms with E-state index in [0.29, 0.717) is 11.4 Å². The summed E-state index contributed by atoms with van der Waals surface area (Å²) in [6, 6.07) is 0.130. The highest BCUT2D eigenvalue weighted by Gasteiger charge is 2.14. The second-order valence-electron chi connectivity index (χ2n) is 4.74. The molecular formula is C13H25N5O. The van der Waals surface area contributed by atoms with Crippen LogP contribution in [0, 0.1) is 0 Å². The number of nitrogens with one attached hydrogen (secondary N) is 2. The minimum atomic E-state index is -0.190. The fourth-order valence-corrected chi connectivity index (χ4v) is 2.01. The van der Waals surface area contributed by atoms with Crippen LogP contribution in [0.2, 0.25) is 0 Å². The first kappa shape index (κ1) is 15.5. The van der Waals surface area contributed by atoms with Crippen LogP contribution >= 0.6 is 0 Å². The number of hydrogen-bond acceptors (Lipinski definition) is 4. The molecule has 1 heterocycles. The number of amides is 1. The third-order valence-corrected chi connectivity index (χ3v) is 3.28. The van der Waals surface area contributed by atoms with Gasteiger partial charge in [-0.3, -0.25) is 9.89 Å². The lowest BCUT2D eigenvalue weighted by atomic mass is 10.1. The molecule has 0 aliphatic rings. The van der Waals surface area contributed by atoms with Crippen molar-refractivity contribution < 1.29 is 4.79 Å². The molecular weight excluding hydrogens is 242 g/mol. The largest absolute Gasteiger partial charge is 0.396 e. The molecule has 1 amide bonds. The first-order valence-corrected chi connectivity index (χ1v) is 6.90. The molecule has 1 aromatic heterocycles. The Morgan fingerprint density at radius 3 is 2.74 bits per heavy atom. The molecule has 0 radical (unpaired) electrons. The molecule has 0 saturated carbocycles. The Kier molecular flexibility index (Phi) is 6.35. The van der Waals surface area contributed by atoms with Crippen LogP contribution in [0.4, 0.5) is 5.69 Å². The average Bonchev–Trinajstić information content (AvgIpc) is 2.81. The van der Waals surface area contributed by atoms with Crippen LogP contribution in [-0.2, 0) is 0 Å². The van der Waals surface area contributed by atoms with E-state index >= 15 is 0 Å². The topological polar surface area (TPSA) is 87.0 Å². The SMILES string of the molecule is CCN(CC)CCCC(C)NC(=O)c1[nH]ncc1N. The number of hydrogen-bond donors (Lipinski definition) is 3. The lowest BCUT2D eigenvalue weighted by Crippen LogP contribution is -2.34. The Morgan fingerprint density at radius 2 is 2.21 bits per heavy atom. The minimum absolute atomic E-state index is 0.130. The number of nitrogen functional groups attached to an aromatic ring is 1. The smallest absolute Gasteiger partial charge is 0.271 e. The maximum atomic E-state index is 11.9. The lowest BCUT2D eigenvalue weighted by molar-refractivity contribution is 0.0933. The lowest BCUT2D eigenvalue weighted by Gasteiger charge is -2.19. The van der Waals surface area contributed by atoms with Crippen LogP contribution in [0.1, 0.15) is 44.1 Å². The van der Waals surface area contributed by atoms with Gasteiger partial charge in [-0.1, -0.05) is 13.8 Å². The van der Waals surface area contributed by atoms with Crippen molar-refractivity contribution in [3.8, 4) is 0 Å². The van der Waals surface area contributed by atoms with E-state index in [1.807, 2.05) is 6.92 Å². The van der Waals surface area contributed by atoms with Crippen LogP contribution < -0.4 is 11.1 Å². The standard InChI is InChI=1S/C13H25N5O/c1-4-18(5-2)8-6-7-10(3)16-13(19)12-11(14)9-15-17-12/h9-10H,4-8,14H2,1-3H3,(H,15,17)(H,16,19). The highest BCUT2D eigenvalue weighted by molar-refractivity contribution is 5.97. The second-order valence-corrected chi connectivity index (χ2v) is 4.74. The van der Waals surface area contributed by atoms with Crippen LogP contribution in [-0.4, -0.2) is 46.7 Å². The molecule has 1 aromatic rings. The van der Waals surface area contributed by atoms with Gasteiger partial charge in [0.1, 0.15) is 5.69 Å². The summed E-state index contributed by atoms with van der Waals surface area (Å²) in [5.41, 5.74) is 6.36. The molecule has 4 N–H and O–H groups in total. The van der Waals surface area contributed by atoms with Gasteiger partial charge in [0.05, 0.1) is 11.9 Å². The number of anilines is 1. The van der Waals surface area contributed by atoms with E-state index in [4.69, 9.17) is 5.73 Å². The number of aromatic amines is 1. The van der Waals surface area contributed by atoms with Gasteiger partial charge in [-0.25, -0.2) is 0 Å². The summed E-state index contributed by atoms with van der Waals surface area (Å²) in [6.07, 6.45) is 3.47. The van der Waals surface area contributed by atoms with Gasteiger partial charge in [0, 0.05) is 6.04 Å². The van der Waals surface area contributed by atoms with E-state index in [1.165, 1.54) is 6.20 Å². The molecule has 6 heteroatoms. The van der Waals surface area contributed by atoms with Crippen molar-refractivity contribution in [1.82, 2.24) is 20.4 Å². The summed E-state index contributed by atoms with van der Waals surface area (Å²) < 4.78 is 0. The number of H-pyrrole nitrogens is 1. The number of carbonyl (C=O) groups excluding carboxylic acids is 1. The third-order valence-electron chi connectivity index (χ3n) is 3.28. The van der Waals surface area contributed by atoms with Crippen molar-refractivity contribution in [2.45, 2.75) is 39.7 Å². The van der Waals surface area contributed by atoms with Gasteiger partial charge in [0.15, 0.2) is 0 Å².